The van der Waals surface area contributed by atoms with Crippen molar-refractivity contribution in [1.82, 2.24) is 4.98 Å². The Morgan fingerprint density at radius 1 is 1.46 bits per heavy atom. The first-order chi connectivity index (χ1) is 6.33. The zero-order valence-electron chi connectivity index (χ0n) is 8.37. The van der Waals surface area contributed by atoms with Crippen LogP contribution >= 0.6 is 0 Å². The summed E-state index contributed by atoms with van der Waals surface area (Å²) in [5, 5.41) is 2.64. The van der Waals surface area contributed by atoms with E-state index in [1.165, 1.54) is 0 Å². The molecule has 3 nitrogen and oxygen atoms in total. The number of amides is 1. The number of pyridine rings is 1. The van der Waals surface area contributed by atoms with E-state index in [-0.39, 0.29) is 5.91 Å². The number of nitrogens with zero attached hydrogens (tertiary/aromatic N) is 1. The first-order valence-corrected chi connectivity index (χ1v) is 4.54. The summed E-state index contributed by atoms with van der Waals surface area (Å²) < 4.78 is 0. The van der Waals surface area contributed by atoms with Gasteiger partial charge < -0.3 is 5.32 Å². The highest BCUT2D eigenvalue weighted by Crippen LogP contribution is 1.99. The SMILES string of the molecule is CC.CCC(=O)Nc1ccccn1. The van der Waals surface area contributed by atoms with Crippen molar-refractivity contribution in [2.45, 2.75) is 27.2 Å². The molecule has 0 aromatic carbocycles. The minimum atomic E-state index is -0.0105. The maximum Gasteiger partial charge on any atom is 0.225 e. The predicted octanol–water partition coefficient (Wildman–Crippen LogP) is 2.46. The molecule has 0 fully saturated rings. The van der Waals surface area contributed by atoms with Gasteiger partial charge in [0, 0.05) is 12.6 Å². The number of rotatable bonds is 2. The molecular weight excluding hydrogens is 164 g/mol. The fourth-order valence-electron chi connectivity index (χ4n) is 0.668. The van der Waals surface area contributed by atoms with Crippen LogP contribution in [-0.4, -0.2) is 10.9 Å². The van der Waals surface area contributed by atoms with Gasteiger partial charge in [0.15, 0.2) is 0 Å². The van der Waals surface area contributed by atoms with Gasteiger partial charge in [-0.25, -0.2) is 4.98 Å². The van der Waals surface area contributed by atoms with Crippen molar-refractivity contribution < 1.29 is 4.79 Å². The molecular formula is C10H16N2O. The van der Waals surface area contributed by atoms with Crippen molar-refractivity contribution >= 4 is 11.7 Å². The molecule has 13 heavy (non-hydrogen) atoms. The summed E-state index contributed by atoms with van der Waals surface area (Å²) >= 11 is 0. The van der Waals surface area contributed by atoms with Crippen LogP contribution < -0.4 is 5.32 Å². The Balaban J connectivity index is 0.000000671. The maximum atomic E-state index is 10.8. The van der Waals surface area contributed by atoms with Crippen LogP contribution in [0.2, 0.25) is 0 Å². The minimum Gasteiger partial charge on any atom is -0.311 e. The number of nitrogens with one attached hydrogen (secondary N) is 1. The van der Waals surface area contributed by atoms with Gasteiger partial charge in [-0.05, 0) is 12.1 Å². The van der Waals surface area contributed by atoms with E-state index >= 15 is 0 Å². The number of anilines is 1. The minimum absolute atomic E-state index is 0.0105. The smallest absolute Gasteiger partial charge is 0.225 e. The van der Waals surface area contributed by atoms with Crippen LogP contribution in [-0.2, 0) is 4.79 Å². The third kappa shape index (κ3) is 4.95. The third-order valence-electron chi connectivity index (χ3n) is 1.25. The lowest BCUT2D eigenvalue weighted by Gasteiger charge is -1.99. The molecule has 1 aromatic rings. The van der Waals surface area contributed by atoms with Gasteiger partial charge in [-0.15, -0.1) is 0 Å². The van der Waals surface area contributed by atoms with Crippen LogP contribution in [0.5, 0.6) is 0 Å². The van der Waals surface area contributed by atoms with E-state index in [0.29, 0.717) is 12.2 Å². The highest BCUT2D eigenvalue weighted by molar-refractivity contribution is 5.89. The van der Waals surface area contributed by atoms with E-state index in [1.807, 2.05) is 26.0 Å². The number of aromatic nitrogens is 1. The summed E-state index contributed by atoms with van der Waals surface area (Å²) in [5.41, 5.74) is 0. The second-order valence-electron chi connectivity index (χ2n) is 2.12. The Hall–Kier alpha value is -1.38. The second-order valence-corrected chi connectivity index (χ2v) is 2.12. The Morgan fingerprint density at radius 3 is 2.62 bits per heavy atom. The summed E-state index contributed by atoms with van der Waals surface area (Å²) in [6.45, 7) is 5.80. The van der Waals surface area contributed by atoms with E-state index < -0.39 is 0 Å². The molecule has 0 saturated heterocycles. The van der Waals surface area contributed by atoms with E-state index in [9.17, 15) is 4.79 Å². The summed E-state index contributed by atoms with van der Waals surface area (Å²) in [6.07, 6.45) is 2.13. The first kappa shape index (κ1) is 11.6. The zero-order valence-corrected chi connectivity index (χ0v) is 8.37. The van der Waals surface area contributed by atoms with Gasteiger partial charge in [0.2, 0.25) is 5.91 Å². The maximum absolute atomic E-state index is 10.8. The molecule has 1 rings (SSSR count). The molecule has 0 saturated carbocycles. The largest absolute Gasteiger partial charge is 0.311 e. The predicted molar refractivity (Wildman–Crippen MR) is 54.5 cm³/mol. The Kier molecular flexibility index (Phi) is 6.51. The summed E-state index contributed by atoms with van der Waals surface area (Å²) in [7, 11) is 0. The van der Waals surface area contributed by atoms with Crippen molar-refractivity contribution in [3.8, 4) is 0 Å². The van der Waals surface area contributed by atoms with Gasteiger partial charge in [-0.2, -0.15) is 0 Å². The molecule has 0 aliphatic rings. The molecule has 0 atom stereocenters. The molecule has 0 aliphatic heterocycles. The van der Waals surface area contributed by atoms with Crippen molar-refractivity contribution in [3.63, 3.8) is 0 Å². The van der Waals surface area contributed by atoms with Crippen molar-refractivity contribution in [2.75, 3.05) is 5.32 Å². The number of carbonyl (C=O) groups excluding carboxylic acids is 1. The molecule has 0 spiro atoms. The average Bonchev–Trinajstić information content (AvgIpc) is 2.22. The molecule has 1 amide bonds. The lowest BCUT2D eigenvalue weighted by molar-refractivity contribution is -0.115. The lowest BCUT2D eigenvalue weighted by atomic mass is 10.4. The molecule has 3 heteroatoms. The van der Waals surface area contributed by atoms with E-state index in [2.05, 4.69) is 10.3 Å². The Morgan fingerprint density at radius 2 is 2.15 bits per heavy atom. The standard InChI is InChI=1S/C8H10N2O.C2H6/c1-2-8(11)10-7-5-3-4-6-9-7;1-2/h3-6H,2H2,1H3,(H,9,10,11);1-2H3. The van der Waals surface area contributed by atoms with Crippen molar-refractivity contribution in [3.05, 3.63) is 24.4 Å². The average molecular weight is 180 g/mol. The van der Waals surface area contributed by atoms with Crippen LogP contribution in [0.3, 0.4) is 0 Å². The quantitative estimate of drug-likeness (QED) is 0.759. The molecule has 0 radical (unpaired) electrons. The lowest BCUT2D eigenvalue weighted by Crippen LogP contribution is -2.10. The topological polar surface area (TPSA) is 42.0 Å². The van der Waals surface area contributed by atoms with Crippen LogP contribution in [0.1, 0.15) is 27.2 Å². The number of hydrogen-bond acceptors (Lipinski definition) is 2. The normalized spacial score (nSPS) is 8.23. The second kappa shape index (κ2) is 7.28. The van der Waals surface area contributed by atoms with Gasteiger partial charge in [0.1, 0.15) is 5.82 Å². The van der Waals surface area contributed by atoms with Crippen LogP contribution in [0.25, 0.3) is 0 Å². The Bertz CT molecular complexity index is 234. The fourth-order valence-corrected chi connectivity index (χ4v) is 0.668. The first-order valence-electron chi connectivity index (χ1n) is 4.54. The molecule has 1 heterocycles. The molecule has 0 unspecified atom stereocenters. The summed E-state index contributed by atoms with van der Waals surface area (Å²) in [4.78, 5) is 14.8. The van der Waals surface area contributed by atoms with Crippen molar-refractivity contribution in [1.29, 1.82) is 0 Å². The van der Waals surface area contributed by atoms with Gasteiger partial charge in [0.25, 0.3) is 0 Å². The van der Waals surface area contributed by atoms with Crippen LogP contribution in [0.15, 0.2) is 24.4 Å². The zero-order chi connectivity index (χ0) is 10.1. The monoisotopic (exact) mass is 180 g/mol. The molecule has 0 aliphatic carbocycles. The highest BCUT2D eigenvalue weighted by Gasteiger charge is 1.96. The number of carbonyl (C=O) groups is 1. The Labute approximate surface area is 79.2 Å². The van der Waals surface area contributed by atoms with E-state index in [0.717, 1.165) is 0 Å². The van der Waals surface area contributed by atoms with E-state index in [1.54, 1.807) is 19.2 Å². The molecule has 0 bridgehead atoms. The molecule has 1 N–H and O–H groups in total. The van der Waals surface area contributed by atoms with Gasteiger partial charge in [-0.1, -0.05) is 26.8 Å². The summed E-state index contributed by atoms with van der Waals surface area (Å²) in [6, 6.07) is 5.40. The molecule has 1 aromatic heterocycles. The van der Waals surface area contributed by atoms with Crippen LogP contribution in [0.4, 0.5) is 5.82 Å². The highest BCUT2D eigenvalue weighted by atomic mass is 16.1. The van der Waals surface area contributed by atoms with Crippen LogP contribution in [0, 0.1) is 0 Å². The van der Waals surface area contributed by atoms with Gasteiger partial charge in [0.05, 0.1) is 0 Å². The number of hydrogen-bond donors (Lipinski definition) is 1. The molecule has 72 valence electrons. The van der Waals surface area contributed by atoms with Crippen molar-refractivity contribution in [2.24, 2.45) is 0 Å². The van der Waals surface area contributed by atoms with Gasteiger partial charge >= 0.3 is 0 Å². The van der Waals surface area contributed by atoms with E-state index in [4.69, 9.17) is 0 Å². The van der Waals surface area contributed by atoms with Gasteiger partial charge in [-0.3, -0.25) is 4.79 Å². The summed E-state index contributed by atoms with van der Waals surface area (Å²) in [5.74, 6) is 0.600. The third-order valence-corrected chi connectivity index (χ3v) is 1.25. The fraction of sp³-hybridized carbons (Fsp3) is 0.400.